The number of benzene rings is 1. The monoisotopic (exact) mass is 242 g/mol. The largest absolute Gasteiger partial charge is 0.263 e. The molecule has 0 saturated heterocycles. The van der Waals surface area contributed by atoms with Crippen LogP contribution in [0.5, 0.6) is 0 Å². The molecule has 17 heavy (non-hydrogen) atoms. The Balaban J connectivity index is 0.00000144. The second-order valence-electron chi connectivity index (χ2n) is 3.32. The molecule has 0 bridgehead atoms. The predicted molar refractivity (Wildman–Crippen MR) is 71.6 cm³/mol. The van der Waals surface area contributed by atoms with Gasteiger partial charge in [-0.1, -0.05) is 42.5 Å². The van der Waals surface area contributed by atoms with Crippen LogP contribution in [-0.2, 0) is 0 Å². The maximum absolute atomic E-state index is 8.89. The molecule has 1 heterocycles. The topological polar surface area (TPSA) is 36.7 Å². The summed E-state index contributed by atoms with van der Waals surface area (Å²) in [6.45, 7) is 0. The van der Waals surface area contributed by atoms with Crippen LogP contribution in [0.25, 0.3) is 12.2 Å². The van der Waals surface area contributed by atoms with Gasteiger partial charge in [0.05, 0.1) is 5.56 Å². The Kier molecular flexibility index (Phi) is 4.93. The maximum atomic E-state index is 8.89. The first kappa shape index (κ1) is 13.0. The summed E-state index contributed by atoms with van der Waals surface area (Å²) in [5.74, 6) is 0. The van der Waals surface area contributed by atoms with E-state index in [-0.39, 0.29) is 12.4 Å². The molecule has 0 aliphatic heterocycles. The number of halogens is 1. The molecular formula is C14H11ClN2. The van der Waals surface area contributed by atoms with E-state index in [4.69, 9.17) is 5.26 Å². The first-order valence-electron chi connectivity index (χ1n) is 4.97. The molecule has 1 aromatic heterocycles. The van der Waals surface area contributed by atoms with E-state index in [1.165, 1.54) is 0 Å². The highest BCUT2D eigenvalue weighted by molar-refractivity contribution is 5.85. The van der Waals surface area contributed by atoms with Gasteiger partial charge in [0.15, 0.2) is 0 Å². The summed E-state index contributed by atoms with van der Waals surface area (Å²) in [7, 11) is 0. The Morgan fingerprint density at radius 3 is 2.53 bits per heavy atom. The van der Waals surface area contributed by atoms with Crippen LogP contribution in [0.4, 0.5) is 0 Å². The number of pyridine rings is 1. The molecule has 0 unspecified atom stereocenters. The van der Waals surface area contributed by atoms with E-state index in [2.05, 4.69) is 11.1 Å². The lowest BCUT2D eigenvalue weighted by molar-refractivity contribution is 1.29. The van der Waals surface area contributed by atoms with E-state index in [0.29, 0.717) is 5.56 Å². The fourth-order valence-electron chi connectivity index (χ4n) is 1.39. The number of hydrogen-bond donors (Lipinski definition) is 0. The van der Waals surface area contributed by atoms with Gasteiger partial charge in [-0.05, 0) is 17.2 Å². The van der Waals surface area contributed by atoms with E-state index < -0.39 is 0 Å². The first-order chi connectivity index (χ1) is 7.90. The van der Waals surface area contributed by atoms with Gasteiger partial charge >= 0.3 is 0 Å². The summed E-state index contributed by atoms with van der Waals surface area (Å²) in [6, 6.07) is 13.9. The lowest BCUT2D eigenvalue weighted by Gasteiger charge is -1.96. The van der Waals surface area contributed by atoms with Gasteiger partial charge in [-0.3, -0.25) is 4.98 Å². The predicted octanol–water partition coefficient (Wildman–Crippen LogP) is 3.55. The van der Waals surface area contributed by atoms with Crippen molar-refractivity contribution < 1.29 is 0 Å². The molecule has 0 amide bonds. The maximum Gasteiger partial charge on any atom is 0.101 e. The molecule has 0 aliphatic carbocycles. The van der Waals surface area contributed by atoms with Crippen LogP contribution in [0.2, 0.25) is 0 Å². The molecule has 0 radical (unpaired) electrons. The van der Waals surface area contributed by atoms with E-state index in [1.54, 1.807) is 12.4 Å². The van der Waals surface area contributed by atoms with Gasteiger partial charge in [0.2, 0.25) is 0 Å². The van der Waals surface area contributed by atoms with Crippen molar-refractivity contribution in [1.82, 2.24) is 4.98 Å². The smallest absolute Gasteiger partial charge is 0.101 e. The Morgan fingerprint density at radius 2 is 1.82 bits per heavy atom. The molecule has 0 aliphatic rings. The second-order valence-corrected chi connectivity index (χ2v) is 3.32. The molecule has 0 saturated carbocycles. The van der Waals surface area contributed by atoms with Crippen LogP contribution in [0.3, 0.4) is 0 Å². The zero-order valence-corrected chi connectivity index (χ0v) is 9.89. The highest BCUT2D eigenvalue weighted by Gasteiger charge is 1.96. The molecule has 84 valence electrons. The fraction of sp³-hybridized carbons (Fsp3) is 0. The van der Waals surface area contributed by atoms with E-state index in [0.717, 1.165) is 11.1 Å². The van der Waals surface area contributed by atoms with Crippen LogP contribution >= 0.6 is 12.4 Å². The summed E-state index contributed by atoms with van der Waals surface area (Å²) in [6.07, 6.45) is 7.17. The molecule has 0 N–H and O–H groups in total. The minimum absolute atomic E-state index is 0. The zero-order chi connectivity index (χ0) is 11.2. The summed E-state index contributed by atoms with van der Waals surface area (Å²) >= 11 is 0. The average Bonchev–Trinajstić information content (AvgIpc) is 2.38. The van der Waals surface area contributed by atoms with Crippen LogP contribution in [-0.4, -0.2) is 4.98 Å². The Hall–Kier alpha value is -2.11. The molecular weight excluding hydrogens is 232 g/mol. The minimum Gasteiger partial charge on any atom is -0.263 e. The van der Waals surface area contributed by atoms with Crippen LogP contribution < -0.4 is 0 Å². The lowest BCUT2D eigenvalue weighted by atomic mass is 10.1. The van der Waals surface area contributed by atoms with Crippen LogP contribution in [0, 0.1) is 11.3 Å². The number of aromatic nitrogens is 1. The SMILES string of the molecule is Cl.N#Cc1cnccc1/C=C/c1ccccc1. The average molecular weight is 243 g/mol. The first-order valence-corrected chi connectivity index (χ1v) is 4.97. The molecule has 2 rings (SSSR count). The molecule has 0 spiro atoms. The minimum atomic E-state index is 0. The number of rotatable bonds is 2. The van der Waals surface area contributed by atoms with Crippen molar-refractivity contribution in [3.05, 3.63) is 65.5 Å². The third-order valence-corrected chi connectivity index (χ3v) is 2.23. The van der Waals surface area contributed by atoms with Gasteiger partial charge in [0.25, 0.3) is 0 Å². The molecule has 2 nitrogen and oxygen atoms in total. The van der Waals surface area contributed by atoms with Crippen molar-refractivity contribution in [3.8, 4) is 6.07 Å². The molecule has 2 aromatic rings. The summed E-state index contributed by atoms with van der Waals surface area (Å²) in [5, 5.41) is 8.89. The van der Waals surface area contributed by atoms with Gasteiger partial charge in [-0.2, -0.15) is 5.26 Å². The highest BCUT2D eigenvalue weighted by atomic mass is 35.5. The number of nitrogens with zero attached hydrogens (tertiary/aromatic N) is 2. The summed E-state index contributed by atoms with van der Waals surface area (Å²) in [4.78, 5) is 3.91. The van der Waals surface area contributed by atoms with Gasteiger partial charge < -0.3 is 0 Å². The van der Waals surface area contributed by atoms with Gasteiger partial charge in [0, 0.05) is 12.4 Å². The quantitative estimate of drug-likeness (QED) is 0.808. The third-order valence-electron chi connectivity index (χ3n) is 2.23. The van der Waals surface area contributed by atoms with Crippen LogP contribution in [0.15, 0.2) is 48.8 Å². The Labute approximate surface area is 107 Å². The van der Waals surface area contributed by atoms with E-state index in [9.17, 15) is 0 Å². The van der Waals surface area contributed by atoms with Crippen molar-refractivity contribution in [2.75, 3.05) is 0 Å². The van der Waals surface area contributed by atoms with Crippen molar-refractivity contribution in [2.45, 2.75) is 0 Å². The van der Waals surface area contributed by atoms with Gasteiger partial charge in [0.1, 0.15) is 6.07 Å². The van der Waals surface area contributed by atoms with Crippen molar-refractivity contribution in [3.63, 3.8) is 0 Å². The van der Waals surface area contributed by atoms with Crippen molar-refractivity contribution in [2.24, 2.45) is 0 Å². The number of nitriles is 1. The van der Waals surface area contributed by atoms with Gasteiger partial charge in [-0.25, -0.2) is 0 Å². The van der Waals surface area contributed by atoms with Crippen molar-refractivity contribution >= 4 is 24.6 Å². The molecule has 0 fully saturated rings. The van der Waals surface area contributed by atoms with E-state index >= 15 is 0 Å². The van der Waals surface area contributed by atoms with Crippen molar-refractivity contribution in [1.29, 1.82) is 5.26 Å². The zero-order valence-electron chi connectivity index (χ0n) is 9.08. The molecule has 0 atom stereocenters. The van der Waals surface area contributed by atoms with Crippen LogP contribution in [0.1, 0.15) is 16.7 Å². The third kappa shape index (κ3) is 3.44. The Bertz CT molecular complexity index is 542. The standard InChI is InChI=1S/C14H10N2.ClH/c15-10-14-11-16-9-8-13(14)7-6-12-4-2-1-3-5-12;/h1-9,11H;1H/b7-6+;. The highest BCUT2D eigenvalue weighted by Crippen LogP contribution is 2.10. The molecule has 1 aromatic carbocycles. The summed E-state index contributed by atoms with van der Waals surface area (Å²) < 4.78 is 0. The molecule has 3 heteroatoms. The second kappa shape index (κ2) is 6.47. The Morgan fingerprint density at radius 1 is 1.06 bits per heavy atom. The number of hydrogen-bond acceptors (Lipinski definition) is 2. The van der Waals surface area contributed by atoms with E-state index in [1.807, 2.05) is 48.6 Å². The summed E-state index contributed by atoms with van der Waals surface area (Å²) in [5.41, 5.74) is 2.60. The normalized spacial score (nSPS) is 9.59. The van der Waals surface area contributed by atoms with Gasteiger partial charge in [-0.15, -0.1) is 12.4 Å². The fourth-order valence-corrected chi connectivity index (χ4v) is 1.39. The lowest BCUT2D eigenvalue weighted by Crippen LogP contribution is -1.82.